The molecule has 0 amide bonds. The topological polar surface area (TPSA) is 0 Å². The summed E-state index contributed by atoms with van der Waals surface area (Å²) in [6.45, 7) is 6.25. The zero-order valence-electron chi connectivity index (χ0n) is 4.21. The molecule has 0 fully saturated rings. The van der Waals surface area contributed by atoms with Crippen LogP contribution in [0.5, 0.6) is 0 Å². The molecule has 0 radical (unpaired) electrons. The van der Waals surface area contributed by atoms with Gasteiger partial charge in [-0.3, -0.25) is 0 Å². The first-order valence-electron chi connectivity index (χ1n) is 1.62. The van der Waals surface area contributed by atoms with Crippen molar-refractivity contribution in [2.75, 3.05) is 0 Å². The molecule has 0 nitrogen and oxygen atoms in total. The zero-order valence-corrected chi connectivity index (χ0v) is 5.97. The van der Waals surface area contributed by atoms with Crippen molar-refractivity contribution >= 4 is 10.6 Å². The molecule has 0 atom stereocenters. The van der Waals surface area contributed by atoms with E-state index in [0.29, 0.717) is 0 Å². The van der Waals surface area contributed by atoms with Crippen molar-refractivity contribution in [1.82, 2.24) is 0 Å². The van der Waals surface area contributed by atoms with Gasteiger partial charge in [0.05, 0.1) is 0 Å². The van der Waals surface area contributed by atoms with Gasteiger partial charge in [-0.2, -0.15) is 20.8 Å². The third kappa shape index (κ3) is 121. The summed E-state index contributed by atoms with van der Waals surface area (Å²) in [4.78, 5) is 0. The minimum atomic E-state index is 1.42. The van der Waals surface area contributed by atoms with Crippen molar-refractivity contribution in [3.63, 3.8) is 0 Å². The molecule has 0 aliphatic rings. The average Bonchev–Trinajstić information content (AvgIpc) is 1.41. The standard InChI is InChI=1S/C4H9.Cu.S/c1-4(2)3;;/h1-3H3;;/q-1;;. The first-order valence-corrected chi connectivity index (χ1v) is 3.02. The Kier molecular flexibility index (Phi) is 15.2. The molecule has 0 spiro atoms. The molecule has 43 valence electrons. The normalized spacial score (nSPS) is 7.00. The molecule has 0 saturated carbocycles. The molecule has 0 rings (SSSR count). The number of hydrogen-bond acceptors (Lipinski definition) is 1. The van der Waals surface area contributed by atoms with Crippen LogP contribution in [0.15, 0.2) is 0 Å². The van der Waals surface area contributed by atoms with Crippen LogP contribution in [0, 0.1) is 5.92 Å². The minimum absolute atomic E-state index is 1.42. The van der Waals surface area contributed by atoms with E-state index in [9.17, 15) is 0 Å². The molecule has 6 heavy (non-hydrogen) atoms. The van der Waals surface area contributed by atoms with E-state index in [1.165, 1.54) is 5.92 Å². The Morgan fingerprint density at radius 3 is 1.17 bits per heavy atom. The second-order valence-electron chi connectivity index (χ2n) is 1.50. The summed E-state index contributed by atoms with van der Waals surface area (Å²) < 4.78 is 0. The Morgan fingerprint density at radius 1 is 1.17 bits per heavy atom. The van der Waals surface area contributed by atoms with E-state index in [1.807, 2.05) is 0 Å². The third-order valence-corrected chi connectivity index (χ3v) is 0. The Labute approximate surface area is 52.0 Å². The van der Waals surface area contributed by atoms with Gasteiger partial charge in [0.2, 0.25) is 0 Å². The van der Waals surface area contributed by atoms with Crippen LogP contribution >= 0.6 is 10.6 Å². The fourth-order valence-corrected chi connectivity index (χ4v) is 0. The first kappa shape index (κ1) is 9.88. The molecular weight excluding hydrogens is 144 g/mol. The predicted octanol–water partition coefficient (Wildman–Crippen LogP) is 2.27. The van der Waals surface area contributed by atoms with Crippen molar-refractivity contribution in [3.05, 3.63) is 5.92 Å². The van der Waals surface area contributed by atoms with E-state index in [-0.39, 0.29) is 0 Å². The summed E-state index contributed by atoms with van der Waals surface area (Å²) in [5, 5.41) is 0. The van der Waals surface area contributed by atoms with Crippen LogP contribution in [-0.4, -0.2) is 0 Å². The third-order valence-electron chi connectivity index (χ3n) is 0. The summed E-state index contributed by atoms with van der Waals surface area (Å²) >= 11 is 3.77. The van der Waals surface area contributed by atoms with Gasteiger partial charge in [-0.25, -0.2) is 0 Å². The fraction of sp³-hybridized carbons (Fsp3) is 0.750. The van der Waals surface area contributed by atoms with Crippen LogP contribution in [0.25, 0.3) is 0 Å². The molecule has 0 aromatic rings. The van der Waals surface area contributed by atoms with Crippen LogP contribution in [0.3, 0.4) is 0 Å². The number of rotatable bonds is 0. The molecule has 0 aromatic heterocycles. The molecule has 0 aliphatic heterocycles. The quantitative estimate of drug-likeness (QED) is 0.379. The molecule has 0 bridgehead atoms. The predicted molar refractivity (Wildman–Crippen MR) is 27.9 cm³/mol. The first-order chi connectivity index (χ1) is 2.73. The fourth-order valence-electron chi connectivity index (χ4n) is 0. The molecular formula is C4H9CuS-. The SMILES string of the molecule is C[C-](C)C.[S]=[Cu]. The van der Waals surface area contributed by atoms with Crippen LogP contribution < -0.4 is 0 Å². The monoisotopic (exact) mass is 152 g/mol. The van der Waals surface area contributed by atoms with E-state index in [0.717, 1.165) is 0 Å². The van der Waals surface area contributed by atoms with E-state index in [4.69, 9.17) is 0 Å². The number of hydrogen-bond donors (Lipinski definition) is 0. The average molecular weight is 153 g/mol. The van der Waals surface area contributed by atoms with E-state index < -0.39 is 0 Å². The second-order valence-corrected chi connectivity index (χ2v) is 1.50. The van der Waals surface area contributed by atoms with Crippen molar-refractivity contribution in [1.29, 1.82) is 0 Å². The molecule has 0 aliphatic carbocycles. The summed E-state index contributed by atoms with van der Waals surface area (Å²) in [5.41, 5.74) is 0. The van der Waals surface area contributed by atoms with Gasteiger partial charge < -0.3 is 5.92 Å². The van der Waals surface area contributed by atoms with Gasteiger partial charge in [-0.05, 0) is 0 Å². The summed E-state index contributed by atoms with van der Waals surface area (Å²) in [6, 6.07) is 0. The van der Waals surface area contributed by atoms with E-state index in [1.54, 1.807) is 0 Å². The van der Waals surface area contributed by atoms with E-state index in [2.05, 4.69) is 45.7 Å². The Hall–Kier alpha value is 0.739. The summed E-state index contributed by atoms with van der Waals surface area (Å²) in [7, 11) is 3.65. The van der Waals surface area contributed by atoms with Crippen LogP contribution in [-0.2, 0) is 14.4 Å². The van der Waals surface area contributed by atoms with Crippen molar-refractivity contribution in [3.8, 4) is 0 Å². The van der Waals surface area contributed by atoms with Gasteiger partial charge in [0.25, 0.3) is 0 Å². The molecule has 2 heteroatoms. The van der Waals surface area contributed by atoms with Gasteiger partial charge in [0.1, 0.15) is 0 Å². The van der Waals surface area contributed by atoms with Crippen molar-refractivity contribution in [2.24, 2.45) is 0 Å². The van der Waals surface area contributed by atoms with Gasteiger partial charge >= 0.3 is 24.9 Å². The van der Waals surface area contributed by atoms with Crippen LogP contribution in [0.1, 0.15) is 20.8 Å². The maximum atomic E-state index is 3.77. The van der Waals surface area contributed by atoms with Crippen LogP contribution in [0.2, 0.25) is 0 Å². The molecule has 0 N–H and O–H groups in total. The molecule has 0 aromatic carbocycles. The molecule has 0 saturated heterocycles. The Balaban J connectivity index is 0. The molecule has 0 unspecified atom stereocenters. The second kappa shape index (κ2) is 9.22. The van der Waals surface area contributed by atoms with Crippen molar-refractivity contribution in [2.45, 2.75) is 20.8 Å². The van der Waals surface area contributed by atoms with Crippen molar-refractivity contribution < 1.29 is 14.4 Å². The van der Waals surface area contributed by atoms with Crippen LogP contribution in [0.4, 0.5) is 0 Å². The van der Waals surface area contributed by atoms with Gasteiger partial charge in [-0.1, -0.05) is 0 Å². The van der Waals surface area contributed by atoms with Gasteiger partial charge in [0.15, 0.2) is 0 Å². The zero-order chi connectivity index (χ0) is 5.58. The molecule has 0 heterocycles. The van der Waals surface area contributed by atoms with E-state index >= 15 is 0 Å². The Morgan fingerprint density at radius 2 is 1.17 bits per heavy atom. The van der Waals surface area contributed by atoms with Gasteiger partial charge in [-0.15, -0.1) is 0 Å². The summed E-state index contributed by atoms with van der Waals surface area (Å²) in [5.74, 6) is 1.42. The van der Waals surface area contributed by atoms with Gasteiger partial charge in [0, 0.05) is 0 Å². The Bertz CT molecular complexity index is 18.8. The summed E-state index contributed by atoms with van der Waals surface area (Å²) in [6.07, 6.45) is 0. The maximum absolute atomic E-state index is 3.77.